The first-order chi connectivity index (χ1) is 8.31. The Balaban J connectivity index is 2.56. The molecule has 0 aliphatic heterocycles. The SMILES string of the molecule is CCCn1c(C(CC)CC)nc2ccccc21. The van der Waals surface area contributed by atoms with Gasteiger partial charge in [0.15, 0.2) is 0 Å². The zero-order valence-corrected chi connectivity index (χ0v) is 11.1. The number of rotatable bonds is 5. The van der Waals surface area contributed by atoms with Gasteiger partial charge in [-0.3, -0.25) is 0 Å². The topological polar surface area (TPSA) is 17.8 Å². The van der Waals surface area contributed by atoms with E-state index in [-0.39, 0.29) is 0 Å². The Morgan fingerprint density at radius 2 is 1.82 bits per heavy atom. The van der Waals surface area contributed by atoms with Crippen LogP contribution in [-0.2, 0) is 6.54 Å². The molecule has 0 bridgehead atoms. The Morgan fingerprint density at radius 1 is 1.12 bits per heavy atom. The minimum Gasteiger partial charge on any atom is -0.328 e. The first kappa shape index (κ1) is 12.2. The average molecular weight is 230 g/mol. The Hall–Kier alpha value is -1.31. The molecule has 0 saturated heterocycles. The maximum Gasteiger partial charge on any atom is 0.112 e. The summed E-state index contributed by atoms with van der Waals surface area (Å²) in [6.07, 6.45) is 3.50. The van der Waals surface area contributed by atoms with E-state index >= 15 is 0 Å². The fourth-order valence-corrected chi connectivity index (χ4v) is 2.52. The van der Waals surface area contributed by atoms with Crippen LogP contribution < -0.4 is 0 Å². The lowest BCUT2D eigenvalue weighted by molar-refractivity contribution is 0.549. The lowest BCUT2D eigenvalue weighted by Gasteiger charge is -2.14. The molecule has 17 heavy (non-hydrogen) atoms. The Labute approximate surface area is 104 Å². The van der Waals surface area contributed by atoms with Crippen LogP contribution in [0.3, 0.4) is 0 Å². The molecule has 0 saturated carbocycles. The zero-order chi connectivity index (χ0) is 12.3. The van der Waals surface area contributed by atoms with Crippen molar-refractivity contribution in [2.24, 2.45) is 0 Å². The highest BCUT2D eigenvalue weighted by Crippen LogP contribution is 2.26. The Bertz CT molecular complexity index is 481. The van der Waals surface area contributed by atoms with Gasteiger partial charge in [-0.2, -0.15) is 0 Å². The minimum absolute atomic E-state index is 0.592. The fourth-order valence-electron chi connectivity index (χ4n) is 2.52. The predicted molar refractivity (Wildman–Crippen MR) is 73.3 cm³/mol. The van der Waals surface area contributed by atoms with E-state index in [0.717, 1.165) is 18.5 Å². The van der Waals surface area contributed by atoms with E-state index in [1.165, 1.54) is 24.2 Å². The molecule has 0 aliphatic rings. The van der Waals surface area contributed by atoms with E-state index < -0.39 is 0 Å². The second-order valence-electron chi connectivity index (χ2n) is 4.62. The minimum atomic E-state index is 0.592. The van der Waals surface area contributed by atoms with Crippen molar-refractivity contribution in [3.8, 4) is 0 Å². The summed E-state index contributed by atoms with van der Waals surface area (Å²) >= 11 is 0. The average Bonchev–Trinajstić information content (AvgIpc) is 2.71. The van der Waals surface area contributed by atoms with E-state index in [9.17, 15) is 0 Å². The van der Waals surface area contributed by atoms with E-state index in [1.807, 2.05) is 0 Å². The summed E-state index contributed by atoms with van der Waals surface area (Å²) in [5.74, 6) is 1.87. The molecule has 0 radical (unpaired) electrons. The number of nitrogens with zero attached hydrogens (tertiary/aromatic N) is 2. The molecular formula is C15H22N2. The van der Waals surface area contributed by atoms with Crippen molar-refractivity contribution in [1.29, 1.82) is 0 Å². The number of aromatic nitrogens is 2. The second kappa shape index (κ2) is 5.35. The van der Waals surface area contributed by atoms with Gasteiger partial charge in [-0.05, 0) is 31.4 Å². The fraction of sp³-hybridized carbons (Fsp3) is 0.533. The molecular weight excluding hydrogens is 208 g/mol. The molecule has 0 N–H and O–H groups in total. The Kier molecular flexibility index (Phi) is 3.82. The standard InChI is InChI=1S/C15H22N2/c1-4-11-17-14-10-8-7-9-13(14)16-15(17)12(5-2)6-3/h7-10,12H,4-6,11H2,1-3H3. The van der Waals surface area contributed by atoms with Gasteiger partial charge in [0.05, 0.1) is 11.0 Å². The van der Waals surface area contributed by atoms with Crippen LogP contribution in [0.25, 0.3) is 11.0 Å². The van der Waals surface area contributed by atoms with Crippen LogP contribution in [0.5, 0.6) is 0 Å². The molecule has 1 aromatic heterocycles. The molecule has 2 nitrogen and oxygen atoms in total. The first-order valence-electron chi connectivity index (χ1n) is 6.76. The van der Waals surface area contributed by atoms with Crippen LogP contribution in [0.2, 0.25) is 0 Å². The van der Waals surface area contributed by atoms with E-state index in [1.54, 1.807) is 0 Å². The molecule has 1 heterocycles. The van der Waals surface area contributed by atoms with Crippen molar-refractivity contribution >= 4 is 11.0 Å². The molecule has 2 heteroatoms. The highest BCUT2D eigenvalue weighted by atomic mass is 15.1. The highest BCUT2D eigenvalue weighted by molar-refractivity contribution is 5.76. The van der Waals surface area contributed by atoms with E-state index in [2.05, 4.69) is 49.6 Å². The van der Waals surface area contributed by atoms with Crippen LogP contribution in [0.1, 0.15) is 51.8 Å². The van der Waals surface area contributed by atoms with Gasteiger partial charge in [0.1, 0.15) is 5.82 Å². The third-order valence-corrected chi connectivity index (χ3v) is 3.48. The second-order valence-corrected chi connectivity index (χ2v) is 4.62. The number of fused-ring (bicyclic) bond motifs is 1. The van der Waals surface area contributed by atoms with Crippen molar-refractivity contribution in [2.75, 3.05) is 0 Å². The number of para-hydroxylation sites is 2. The molecule has 0 aliphatic carbocycles. The van der Waals surface area contributed by atoms with Gasteiger partial charge in [0.2, 0.25) is 0 Å². The van der Waals surface area contributed by atoms with Gasteiger partial charge in [0, 0.05) is 12.5 Å². The lowest BCUT2D eigenvalue weighted by atomic mass is 10.0. The number of aryl methyl sites for hydroxylation is 1. The molecule has 1 aromatic carbocycles. The number of hydrogen-bond donors (Lipinski definition) is 0. The van der Waals surface area contributed by atoms with Crippen LogP contribution in [-0.4, -0.2) is 9.55 Å². The van der Waals surface area contributed by atoms with Crippen LogP contribution >= 0.6 is 0 Å². The first-order valence-corrected chi connectivity index (χ1v) is 6.76. The number of imidazole rings is 1. The third-order valence-electron chi connectivity index (χ3n) is 3.48. The maximum atomic E-state index is 4.84. The van der Waals surface area contributed by atoms with Crippen molar-refractivity contribution in [2.45, 2.75) is 52.5 Å². The molecule has 0 fully saturated rings. The monoisotopic (exact) mass is 230 g/mol. The summed E-state index contributed by atoms with van der Waals surface area (Å²) in [6, 6.07) is 8.48. The van der Waals surface area contributed by atoms with Gasteiger partial charge in [0.25, 0.3) is 0 Å². The summed E-state index contributed by atoms with van der Waals surface area (Å²) < 4.78 is 2.41. The molecule has 2 aromatic rings. The highest BCUT2D eigenvalue weighted by Gasteiger charge is 2.16. The van der Waals surface area contributed by atoms with Crippen LogP contribution in [0.4, 0.5) is 0 Å². The summed E-state index contributed by atoms with van der Waals surface area (Å²) in [4.78, 5) is 4.84. The van der Waals surface area contributed by atoms with Crippen molar-refractivity contribution in [1.82, 2.24) is 9.55 Å². The molecule has 0 amide bonds. The summed E-state index contributed by atoms with van der Waals surface area (Å²) in [5, 5.41) is 0. The molecule has 92 valence electrons. The zero-order valence-electron chi connectivity index (χ0n) is 11.1. The largest absolute Gasteiger partial charge is 0.328 e. The lowest BCUT2D eigenvalue weighted by Crippen LogP contribution is -2.08. The Morgan fingerprint density at radius 3 is 2.47 bits per heavy atom. The molecule has 2 rings (SSSR count). The number of hydrogen-bond acceptors (Lipinski definition) is 1. The quantitative estimate of drug-likeness (QED) is 0.746. The number of benzene rings is 1. The molecule has 0 spiro atoms. The third kappa shape index (κ3) is 2.21. The van der Waals surface area contributed by atoms with Crippen molar-refractivity contribution in [3.05, 3.63) is 30.1 Å². The predicted octanol–water partition coefficient (Wildman–Crippen LogP) is 4.35. The maximum absolute atomic E-state index is 4.84. The van der Waals surface area contributed by atoms with Gasteiger partial charge in [-0.1, -0.05) is 32.9 Å². The van der Waals surface area contributed by atoms with Crippen LogP contribution in [0, 0.1) is 0 Å². The summed E-state index contributed by atoms with van der Waals surface area (Å²) in [5.41, 5.74) is 2.43. The van der Waals surface area contributed by atoms with Gasteiger partial charge < -0.3 is 4.57 Å². The normalized spacial score (nSPS) is 11.5. The van der Waals surface area contributed by atoms with E-state index in [0.29, 0.717) is 5.92 Å². The molecule has 0 unspecified atom stereocenters. The van der Waals surface area contributed by atoms with Crippen LogP contribution in [0.15, 0.2) is 24.3 Å². The van der Waals surface area contributed by atoms with Crippen molar-refractivity contribution < 1.29 is 0 Å². The van der Waals surface area contributed by atoms with Gasteiger partial charge in [-0.25, -0.2) is 4.98 Å². The molecule has 0 atom stereocenters. The van der Waals surface area contributed by atoms with Gasteiger partial charge in [-0.15, -0.1) is 0 Å². The van der Waals surface area contributed by atoms with Crippen molar-refractivity contribution in [3.63, 3.8) is 0 Å². The summed E-state index contributed by atoms with van der Waals surface area (Å²) in [6.45, 7) is 7.81. The van der Waals surface area contributed by atoms with Gasteiger partial charge >= 0.3 is 0 Å². The summed E-state index contributed by atoms with van der Waals surface area (Å²) in [7, 11) is 0. The van der Waals surface area contributed by atoms with E-state index in [4.69, 9.17) is 4.98 Å². The smallest absolute Gasteiger partial charge is 0.112 e.